The molecule has 0 aliphatic heterocycles. The third-order valence-electron chi connectivity index (χ3n) is 5.70. The van der Waals surface area contributed by atoms with Gasteiger partial charge in [0.2, 0.25) is 0 Å². The number of benzene rings is 2. The van der Waals surface area contributed by atoms with E-state index in [0.29, 0.717) is 32.3 Å². The highest BCUT2D eigenvalue weighted by molar-refractivity contribution is 5.95. The van der Waals surface area contributed by atoms with Crippen LogP contribution in [0.25, 0.3) is 0 Å². The van der Waals surface area contributed by atoms with Gasteiger partial charge in [0, 0.05) is 24.2 Å². The maximum Gasteiger partial charge on any atom is 0.306 e. The molecule has 188 valence electrons. The van der Waals surface area contributed by atoms with Gasteiger partial charge in [-0.15, -0.1) is 0 Å². The lowest BCUT2D eigenvalue weighted by atomic mass is 9.87. The number of ether oxygens (including phenoxy) is 2. The molecule has 1 aliphatic carbocycles. The second kappa shape index (κ2) is 12.1. The third kappa shape index (κ3) is 7.14. The topological polar surface area (TPSA) is 114 Å². The summed E-state index contributed by atoms with van der Waals surface area (Å²) in [7, 11) is 0. The van der Waals surface area contributed by atoms with Gasteiger partial charge in [-0.3, -0.25) is 14.4 Å². The Morgan fingerprint density at radius 1 is 0.886 bits per heavy atom. The van der Waals surface area contributed by atoms with Crippen molar-refractivity contribution in [3.63, 3.8) is 0 Å². The molecule has 1 aliphatic rings. The van der Waals surface area contributed by atoms with Crippen molar-refractivity contribution in [2.75, 3.05) is 19.7 Å². The summed E-state index contributed by atoms with van der Waals surface area (Å²) in [6.07, 6.45) is 1.73. The Labute approximate surface area is 201 Å². The van der Waals surface area contributed by atoms with Gasteiger partial charge in [0.1, 0.15) is 0 Å². The molecule has 0 heterocycles. The van der Waals surface area contributed by atoms with Gasteiger partial charge < -0.3 is 25.2 Å². The molecule has 2 amide bonds. The van der Waals surface area contributed by atoms with E-state index in [1.165, 1.54) is 24.3 Å². The molecule has 0 bridgehead atoms. The minimum absolute atomic E-state index is 0.00942. The largest absolute Gasteiger partial charge is 0.491 e. The van der Waals surface area contributed by atoms with Crippen molar-refractivity contribution in [3.05, 3.63) is 59.2 Å². The fourth-order valence-electron chi connectivity index (χ4n) is 3.82. The summed E-state index contributed by atoms with van der Waals surface area (Å²) in [6, 6.07) is 7.75. The smallest absolute Gasteiger partial charge is 0.306 e. The van der Waals surface area contributed by atoms with Crippen LogP contribution in [0.1, 0.15) is 53.3 Å². The summed E-state index contributed by atoms with van der Waals surface area (Å²) in [5, 5.41) is 14.2. The zero-order chi connectivity index (χ0) is 25.4. The van der Waals surface area contributed by atoms with Gasteiger partial charge in [0.15, 0.2) is 23.1 Å². The van der Waals surface area contributed by atoms with Gasteiger partial charge >= 0.3 is 5.97 Å². The highest BCUT2D eigenvalue weighted by atomic mass is 19.1. The van der Waals surface area contributed by atoms with Crippen molar-refractivity contribution < 1.29 is 37.7 Å². The van der Waals surface area contributed by atoms with Crippen LogP contribution in [0, 0.1) is 17.6 Å². The minimum Gasteiger partial charge on any atom is -0.491 e. The number of hydrogen-bond acceptors (Lipinski definition) is 5. The predicted molar refractivity (Wildman–Crippen MR) is 123 cm³/mol. The van der Waals surface area contributed by atoms with Gasteiger partial charge in [-0.05, 0) is 69.0 Å². The summed E-state index contributed by atoms with van der Waals surface area (Å²) in [5.74, 6) is -3.52. The first-order valence-electron chi connectivity index (χ1n) is 11.5. The molecule has 0 saturated heterocycles. The summed E-state index contributed by atoms with van der Waals surface area (Å²) in [4.78, 5) is 35.5. The number of carbonyl (C=O) groups excluding carboxylic acids is 2. The van der Waals surface area contributed by atoms with Gasteiger partial charge in [0.25, 0.3) is 11.8 Å². The number of carboxylic acids is 1. The lowest BCUT2D eigenvalue weighted by Crippen LogP contribution is -2.34. The maximum absolute atomic E-state index is 14.5. The lowest BCUT2D eigenvalue weighted by Gasteiger charge is -2.27. The fourth-order valence-corrected chi connectivity index (χ4v) is 3.82. The molecule has 0 spiro atoms. The molecular formula is C25H28F2N2O6. The van der Waals surface area contributed by atoms with E-state index in [1.807, 2.05) is 0 Å². The Morgan fingerprint density at radius 3 is 1.86 bits per heavy atom. The van der Waals surface area contributed by atoms with Crippen molar-refractivity contribution in [2.45, 2.75) is 38.7 Å². The highest BCUT2D eigenvalue weighted by Gasteiger charge is 2.27. The van der Waals surface area contributed by atoms with Crippen molar-refractivity contribution in [2.24, 2.45) is 5.92 Å². The Bertz CT molecular complexity index is 1070. The second-order valence-corrected chi connectivity index (χ2v) is 8.16. The van der Waals surface area contributed by atoms with E-state index in [1.54, 1.807) is 6.92 Å². The molecule has 3 rings (SSSR count). The molecule has 0 aromatic heterocycles. The number of hydrogen-bond donors (Lipinski definition) is 3. The van der Waals surface area contributed by atoms with Gasteiger partial charge in [0.05, 0.1) is 18.6 Å². The van der Waals surface area contributed by atoms with E-state index >= 15 is 0 Å². The van der Waals surface area contributed by atoms with E-state index in [9.17, 15) is 23.2 Å². The van der Waals surface area contributed by atoms with Gasteiger partial charge in [-0.1, -0.05) is 0 Å². The van der Waals surface area contributed by atoms with E-state index < -0.39 is 35.3 Å². The van der Waals surface area contributed by atoms with Crippen LogP contribution >= 0.6 is 0 Å². The lowest BCUT2D eigenvalue weighted by molar-refractivity contribution is -0.143. The highest BCUT2D eigenvalue weighted by Crippen LogP contribution is 2.29. The van der Waals surface area contributed by atoms with E-state index in [4.69, 9.17) is 14.6 Å². The van der Waals surface area contributed by atoms with Gasteiger partial charge in [-0.2, -0.15) is 0 Å². The fraction of sp³-hybridized carbons (Fsp3) is 0.400. The minimum atomic E-state index is -0.824. The number of aliphatic carboxylic acids is 1. The number of nitrogens with one attached hydrogen (secondary N) is 2. The number of carbonyl (C=O) groups is 3. The molecule has 1 saturated carbocycles. The SMILES string of the molecule is CCOc1ccc(C(=O)NCCNC(=O)c2ccc(OC3CCC(C(=O)O)CC3)c(F)c2)cc1F. The van der Waals surface area contributed by atoms with Crippen molar-refractivity contribution in [3.8, 4) is 11.5 Å². The summed E-state index contributed by atoms with van der Waals surface area (Å²) in [5.41, 5.74) is 0.204. The summed E-state index contributed by atoms with van der Waals surface area (Å²) < 4.78 is 39.1. The third-order valence-corrected chi connectivity index (χ3v) is 5.70. The Morgan fingerprint density at radius 2 is 1.40 bits per heavy atom. The van der Waals surface area contributed by atoms with Crippen LogP contribution < -0.4 is 20.1 Å². The molecule has 35 heavy (non-hydrogen) atoms. The predicted octanol–water partition coefficient (Wildman–Crippen LogP) is 3.55. The van der Waals surface area contributed by atoms with E-state index in [-0.39, 0.29) is 41.8 Å². The van der Waals surface area contributed by atoms with E-state index in [0.717, 1.165) is 12.1 Å². The molecule has 0 radical (unpaired) electrons. The Balaban J connectivity index is 1.44. The van der Waals surface area contributed by atoms with Crippen LogP contribution in [-0.2, 0) is 4.79 Å². The summed E-state index contributed by atoms with van der Waals surface area (Å²) in [6.45, 7) is 2.19. The first-order valence-corrected chi connectivity index (χ1v) is 11.5. The van der Waals surface area contributed by atoms with Crippen LogP contribution in [0.5, 0.6) is 11.5 Å². The van der Waals surface area contributed by atoms with Crippen LogP contribution in [0.15, 0.2) is 36.4 Å². The van der Waals surface area contributed by atoms with Crippen LogP contribution in [0.3, 0.4) is 0 Å². The monoisotopic (exact) mass is 490 g/mol. The maximum atomic E-state index is 14.5. The molecule has 8 nitrogen and oxygen atoms in total. The molecule has 2 aromatic rings. The first kappa shape index (κ1) is 25.9. The molecule has 0 atom stereocenters. The molecular weight excluding hydrogens is 462 g/mol. The average Bonchev–Trinajstić information content (AvgIpc) is 2.84. The second-order valence-electron chi connectivity index (χ2n) is 8.16. The van der Waals surface area contributed by atoms with Crippen molar-refractivity contribution in [1.82, 2.24) is 10.6 Å². The van der Waals surface area contributed by atoms with Crippen LogP contribution in [0.2, 0.25) is 0 Å². The number of rotatable bonds is 10. The van der Waals surface area contributed by atoms with Crippen molar-refractivity contribution >= 4 is 17.8 Å². The zero-order valence-corrected chi connectivity index (χ0v) is 19.3. The standard InChI is InChI=1S/C25H28F2N2O6/c1-2-34-21-9-5-16(13-19(21)26)23(30)28-11-12-29-24(31)17-6-10-22(20(27)14-17)35-18-7-3-15(4-8-18)25(32)33/h5-6,9-10,13-15,18H,2-4,7-8,11-12H2,1H3,(H,28,30)(H,29,31)(H,32,33). The quantitative estimate of drug-likeness (QED) is 0.439. The van der Waals surface area contributed by atoms with Crippen LogP contribution in [0.4, 0.5) is 8.78 Å². The molecule has 1 fully saturated rings. The van der Waals surface area contributed by atoms with Crippen LogP contribution in [-0.4, -0.2) is 48.7 Å². The Kier molecular flexibility index (Phi) is 8.99. The van der Waals surface area contributed by atoms with Gasteiger partial charge in [-0.25, -0.2) is 8.78 Å². The normalized spacial score (nSPS) is 17.3. The number of carboxylic acid groups (broad SMARTS) is 1. The molecule has 10 heteroatoms. The molecule has 0 unspecified atom stereocenters. The zero-order valence-electron chi connectivity index (χ0n) is 19.3. The summed E-state index contributed by atoms with van der Waals surface area (Å²) >= 11 is 0. The number of amides is 2. The number of halogens is 2. The van der Waals surface area contributed by atoms with E-state index in [2.05, 4.69) is 10.6 Å². The average molecular weight is 491 g/mol. The van der Waals surface area contributed by atoms with Crippen molar-refractivity contribution in [1.29, 1.82) is 0 Å². The first-order chi connectivity index (χ1) is 16.8. The Hall–Kier alpha value is -3.69. The molecule has 3 N–H and O–H groups in total. The molecule has 2 aromatic carbocycles.